The second kappa shape index (κ2) is 5.40. The van der Waals surface area contributed by atoms with Gasteiger partial charge in [0.1, 0.15) is 0 Å². The molecule has 0 radical (unpaired) electrons. The Bertz CT molecular complexity index is 431. The van der Waals surface area contributed by atoms with Gasteiger partial charge in [-0.15, -0.1) is 11.6 Å². The van der Waals surface area contributed by atoms with Gasteiger partial charge in [0.05, 0.1) is 5.38 Å². The highest BCUT2D eigenvalue weighted by molar-refractivity contribution is 9.10. The topological polar surface area (TPSA) is 29.1 Å². The zero-order valence-corrected chi connectivity index (χ0v) is 12.0. The Morgan fingerprint density at radius 1 is 1.59 bits per heavy atom. The molecular formula is C13H15BrClNO. The summed E-state index contributed by atoms with van der Waals surface area (Å²) in [7, 11) is 0. The van der Waals surface area contributed by atoms with Gasteiger partial charge < -0.3 is 5.32 Å². The zero-order valence-electron chi connectivity index (χ0n) is 9.67. The van der Waals surface area contributed by atoms with E-state index in [1.165, 1.54) is 12.8 Å². The maximum atomic E-state index is 11.9. The molecule has 1 unspecified atom stereocenters. The van der Waals surface area contributed by atoms with E-state index in [-0.39, 0.29) is 11.3 Å². The van der Waals surface area contributed by atoms with Crippen molar-refractivity contribution >= 4 is 33.4 Å². The monoisotopic (exact) mass is 315 g/mol. The van der Waals surface area contributed by atoms with Crippen molar-refractivity contribution in [2.75, 3.05) is 6.54 Å². The van der Waals surface area contributed by atoms with Crippen LogP contribution < -0.4 is 5.32 Å². The zero-order chi connectivity index (χ0) is 12.4. The van der Waals surface area contributed by atoms with Crippen LogP contribution >= 0.6 is 27.5 Å². The summed E-state index contributed by atoms with van der Waals surface area (Å²) >= 11 is 9.56. The molecule has 1 aromatic carbocycles. The molecule has 1 amide bonds. The second-order valence-corrected chi connectivity index (χ2v) is 5.94. The lowest BCUT2D eigenvalue weighted by molar-refractivity contribution is 0.0953. The Kier molecular flexibility index (Phi) is 4.10. The maximum Gasteiger partial charge on any atom is 0.251 e. The van der Waals surface area contributed by atoms with Crippen LogP contribution in [0.1, 0.15) is 28.8 Å². The van der Waals surface area contributed by atoms with Crippen LogP contribution in [-0.2, 0) is 0 Å². The first-order chi connectivity index (χ1) is 8.08. The number of alkyl halides is 1. The van der Waals surface area contributed by atoms with E-state index in [2.05, 4.69) is 21.2 Å². The minimum absolute atomic E-state index is 0.0492. The van der Waals surface area contributed by atoms with Gasteiger partial charge in [-0.25, -0.2) is 0 Å². The van der Waals surface area contributed by atoms with Crippen molar-refractivity contribution in [3.63, 3.8) is 0 Å². The summed E-state index contributed by atoms with van der Waals surface area (Å²) in [6.45, 7) is 2.52. The Hall–Kier alpha value is -0.540. The summed E-state index contributed by atoms with van der Waals surface area (Å²) < 4.78 is 1.02. The molecule has 17 heavy (non-hydrogen) atoms. The van der Waals surface area contributed by atoms with Crippen LogP contribution in [0.2, 0.25) is 0 Å². The van der Waals surface area contributed by atoms with Crippen LogP contribution in [0, 0.1) is 12.8 Å². The van der Waals surface area contributed by atoms with Gasteiger partial charge in [-0.05, 0) is 49.4 Å². The minimum atomic E-state index is -0.0492. The van der Waals surface area contributed by atoms with E-state index in [1.54, 1.807) is 0 Å². The lowest BCUT2D eigenvalue weighted by Crippen LogP contribution is -2.30. The molecule has 0 spiro atoms. The number of aryl methyl sites for hydroxylation is 1. The number of carbonyl (C=O) groups is 1. The summed E-state index contributed by atoms with van der Waals surface area (Å²) in [5.74, 6) is 0.551. The molecule has 0 bridgehead atoms. The lowest BCUT2D eigenvalue weighted by atomic mass is 10.1. The Morgan fingerprint density at radius 2 is 2.29 bits per heavy atom. The van der Waals surface area contributed by atoms with Crippen LogP contribution in [0.25, 0.3) is 0 Å². The number of hydrogen-bond acceptors (Lipinski definition) is 1. The number of nitrogens with one attached hydrogen (secondary N) is 1. The summed E-state index contributed by atoms with van der Waals surface area (Å²) in [5, 5.41) is 2.96. The number of rotatable bonds is 4. The molecule has 1 aliphatic rings. The molecule has 1 aliphatic carbocycles. The predicted octanol–water partition coefficient (Wildman–Crippen LogP) is 3.50. The van der Waals surface area contributed by atoms with Crippen LogP contribution in [-0.4, -0.2) is 17.8 Å². The van der Waals surface area contributed by atoms with E-state index in [9.17, 15) is 4.79 Å². The predicted molar refractivity (Wildman–Crippen MR) is 73.6 cm³/mol. The van der Waals surface area contributed by atoms with Gasteiger partial charge >= 0.3 is 0 Å². The molecule has 1 aromatic rings. The average Bonchev–Trinajstić information content (AvgIpc) is 3.13. The summed E-state index contributed by atoms with van der Waals surface area (Å²) in [6, 6.07) is 5.58. The number of halogens is 2. The molecule has 4 heteroatoms. The first kappa shape index (κ1) is 12.9. The van der Waals surface area contributed by atoms with Crippen molar-refractivity contribution in [3.8, 4) is 0 Å². The van der Waals surface area contributed by atoms with Gasteiger partial charge in [-0.1, -0.05) is 15.9 Å². The maximum absolute atomic E-state index is 11.9. The fourth-order valence-corrected chi connectivity index (χ4v) is 2.28. The SMILES string of the molecule is Cc1cc(C(=O)NCC(Cl)C2CC2)ccc1Br. The second-order valence-electron chi connectivity index (χ2n) is 4.53. The Labute approximate surface area is 115 Å². The molecule has 1 atom stereocenters. The number of carbonyl (C=O) groups excluding carboxylic acids is 1. The highest BCUT2D eigenvalue weighted by atomic mass is 79.9. The third kappa shape index (κ3) is 3.46. The highest BCUT2D eigenvalue weighted by Crippen LogP contribution is 2.35. The molecule has 1 fully saturated rings. The molecule has 2 nitrogen and oxygen atoms in total. The quantitative estimate of drug-likeness (QED) is 0.846. The lowest BCUT2D eigenvalue weighted by Gasteiger charge is -2.10. The van der Waals surface area contributed by atoms with Crippen molar-refractivity contribution < 1.29 is 4.79 Å². The van der Waals surface area contributed by atoms with Gasteiger partial charge in [0, 0.05) is 16.6 Å². The smallest absolute Gasteiger partial charge is 0.251 e. The van der Waals surface area contributed by atoms with Crippen LogP contribution in [0.3, 0.4) is 0 Å². The first-order valence-corrected chi connectivity index (χ1v) is 6.99. The normalized spacial score (nSPS) is 16.6. The standard InChI is InChI=1S/C13H15BrClNO/c1-8-6-10(4-5-11(8)14)13(17)16-7-12(15)9-2-3-9/h4-6,9,12H,2-3,7H2,1H3,(H,16,17). The van der Waals surface area contributed by atoms with Crippen LogP contribution in [0.15, 0.2) is 22.7 Å². The van der Waals surface area contributed by atoms with Crippen molar-refractivity contribution in [1.82, 2.24) is 5.32 Å². The van der Waals surface area contributed by atoms with E-state index in [0.717, 1.165) is 10.0 Å². The Balaban J connectivity index is 1.92. The molecule has 0 saturated heterocycles. The molecule has 92 valence electrons. The van der Waals surface area contributed by atoms with E-state index >= 15 is 0 Å². The molecule has 0 aliphatic heterocycles. The third-order valence-corrected chi connectivity index (χ3v) is 4.41. The van der Waals surface area contributed by atoms with Gasteiger partial charge in [-0.3, -0.25) is 4.79 Å². The summed E-state index contributed by atoms with van der Waals surface area (Å²) in [6.07, 6.45) is 2.39. The molecule has 0 aromatic heterocycles. The van der Waals surface area contributed by atoms with E-state index < -0.39 is 0 Å². The first-order valence-electron chi connectivity index (χ1n) is 5.76. The average molecular weight is 317 g/mol. The molecule has 1 N–H and O–H groups in total. The van der Waals surface area contributed by atoms with E-state index in [4.69, 9.17) is 11.6 Å². The van der Waals surface area contributed by atoms with Crippen LogP contribution in [0.4, 0.5) is 0 Å². The number of amides is 1. The summed E-state index contributed by atoms with van der Waals surface area (Å²) in [5.41, 5.74) is 1.74. The minimum Gasteiger partial charge on any atom is -0.351 e. The molecular weight excluding hydrogens is 302 g/mol. The fourth-order valence-electron chi connectivity index (χ4n) is 1.70. The van der Waals surface area contributed by atoms with E-state index in [1.807, 2.05) is 25.1 Å². The Morgan fingerprint density at radius 3 is 2.88 bits per heavy atom. The molecule has 0 heterocycles. The van der Waals surface area contributed by atoms with Crippen molar-refractivity contribution in [2.45, 2.75) is 25.1 Å². The number of hydrogen-bond donors (Lipinski definition) is 1. The number of benzene rings is 1. The summed E-state index contributed by atoms with van der Waals surface area (Å²) in [4.78, 5) is 11.9. The van der Waals surface area contributed by atoms with Crippen molar-refractivity contribution in [2.24, 2.45) is 5.92 Å². The van der Waals surface area contributed by atoms with Gasteiger partial charge in [0.15, 0.2) is 0 Å². The van der Waals surface area contributed by atoms with Crippen molar-refractivity contribution in [3.05, 3.63) is 33.8 Å². The third-order valence-electron chi connectivity index (χ3n) is 3.01. The van der Waals surface area contributed by atoms with E-state index in [0.29, 0.717) is 18.0 Å². The van der Waals surface area contributed by atoms with Gasteiger partial charge in [-0.2, -0.15) is 0 Å². The molecule has 1 saturated carbocycles. The van der Waals surface area contributed by atoms with Crippen molar-refractivity contribution in [1.29, 1.82) is 0 Å². The molecule has 2 rings (SSSR count). The fraction of sp³-hybridized carbons (Fsp3) is 0.462. The largest absolute Gasteiger partial charge is 0.351 e. The highest BCUT2D eigenvalue weighted by Gasteiger charge is 2.29. The van der Waals surface area contributed by atoms with Crippen LogP contribution in [0.5, 0.6) is 0 Å². The van der Waals surface area contributed by atoms with Gasteiger partial charge in [0.2, 0.25) is 0 Å². The van der Waals surface area contributed by atoms with Gasteiger partial charge in [0.25, 0.3) is 5.91 Å².